The van der Waals surface area contributed by atoms with Gasteiger partial charge in [-0.2, -0.15) is 0 Å². The van der Waals surface area contributed by atoms with Crippen molar-refractivity contribution in [2.45, 2.75) is 136 Å². The summed E-state index contributed by atoms with van der Waals surface area (Å²) < 4.78 is 0. The van der Waals surface area contributed by atoms with Crippen molar-refractivity contribution in [3.63, 3.8) is 0 Å². The monoisotopic (exact) mass is 308 g/mol. The first-order valence-electron chi connectivity index (χ1n) is 10.8. The second-order valence-corrected chi connectivity index (χ2v) is 8.10. The average molecular weight is 309 g/mol. The molecule has 132 valence electrons. The first kappa shape index (κ1) is 20.0. The Bertz CT molecular complexity index is 206. The Labute approximate surface area is 141 Å². The molecule has 0 amide bonds. The fourth-order valence-electron chi connectivity index (χ4n) is 4.49. The fourth-order valence-corrected chi connectivity index (χ4v) is 4.49. The van der Waals surface area contributed by atoms with Gasteiger partial charge in [-0.05, 0) is 31.1 Å². The second-order valence-electron chi connectivity index (χ2n) is 8.10. The summed E-state index contributed by atoms with van der Waals surface area (Å²) in [5.74, 6) is 0. The summed E-state index contributed by atoms with van der Waals surface area (Å²) in [5, 5.41) is 0. The lowest BCUT2D eigenvalue weighted by Gasteiger charge is -2.38. The zero-order valence-electron chi connectivity index (χ0n) is 15.9. The second kappa shape index (κ2) is 13.4. The summed E-state index contributed by atoms with van der Waals surface area (Å²) in [7, 11) is 0. The standard InChI is InChI=1S/C22H44/c1-3-5-7-9-11-14-18-22(20-16-13-17-21-22)19-15-12-10-8-6-4-2/h3-21H2,1-2H3. The summed E-state index contributed by atoms with van der Waals surface area (Å²) in [5.41, 5.74) is 0.772. The predicted molar refractivity (Wildman–Crippen MR) is 102 cm³/mol. The highest BCUT2D eigenvalue weighted by Crippen LogP contribution is 2.44. The molecule has 0 saturated heterocycles. The van der Waals surface area contributed by atoms with Crippen LogP contribution < -0.4 is 0 Å². The molecule has 0 heteroatoms. The van der Waals surface area contributed by atoms with Gasteiger partial charge in [0.2, 0.25) is 0 Å². The largest absolute Gasteiger partial charge is 0.0654 e. The average Bonchev–Trinajstić information content (AvgIpc) is 2.55. The molecule has 0 unspecified atom stereocenters. The van der Waals surface area contributed by atoms with E-state index < -0.39 is 0 Å². The van der Waals surface area contributed by atoms with E-state index in [0.29, 0.717) is 0 Å². The van der Waals surface area contributed by atoms with E-state index in [0.717, 1.165) is 5.41 Å². The SMILES string of the molecule is CCCCCCCCC1(CCCCCCCC)CCCCC1. The number of hydrogen-bond acceptors (Lipinski definition) is 0. The summed E-state index contributed by atoms with van der Waals surface area (Å²) >= 11 is 0. The van der Waals surface area contributed by atoms with Gasteiger partial charge in [-0.1, -0.05) is 110 Å². The van der Waals surface area contributed by atoms with Gasteiger partial charge < -0.3 is 0 Å². The maximum Gasteiger partial charge on any atom is -0.0297 e. The van der Waals surface area contributed by atoms with Crippen LogP contribution in [0.1, 0.15) is 136 Å². The third-order valence-electron chi connectivity index (χ3n) is 6.04. The molecule has 0 spiro atoms. The van der Waals surface area contributed by atoms with Gasteiger partial charge in [0, 0.05) is 0 Å². The molecule has 0 heterocycles. The van der Waals surface area contributed by atoms with Gasteiger partial charge in [0.15, 0.2) is 0 Å². The minimum Gasteiger partial charge on any atom is -0.0654 e. The first-order chi connectivity index (χ1) is 10.8. The Hall–Kier alpha value is 0. The van der Waals surface area contributed by atoms with E-state index in [1.807, 2.05) is 0 Å². The molecule has 1 fully saturated rings. The van der Waals surface area contributed by atoms with Crippen LogP contribution >= 0.6 is 0 Å². The van der Waals surface area contributed by atoms with Gasteiger partial charge in [-0.15, -0.1) is 0 Å². The molecule has 0 aromatic rings. The highest BCUT2D eigenvalue weighted by Gasteiger charge is 2.30. The lowest BCUT2D eigenvalue weighted by Crippen LogP contribution is -2.24. The molecule has 1 aliphatic carbocycles. The fraction of sp³-hybridized carbons (Fsp3) is 1.00. The van der Waals surface area contributed by atoms with Crippen LogP contribution in [0, 0.1) is 5.41 Å². The van der Waals surface area contributed by atoms with Gasteiger partial charge in [0.1, 0.15) is 0 Å². The maximum atomic E-state index is 2.32. The highest BCUT2D eigenvalue weighted by atomic mass is 14.4. The summed E-state index contributed by atoms with van der Waals surface area (Å²) in [6.07, 6.45) is 28.3. The third-order valence-corrected chi connectivity index (χ3v) is 6.04. The van der Waals surface area contributed by atoms with E-state index in [9.17, 15) is 0 Å². The lowest BCUT2D eigenvalue weighted by atomic mass is 9.68. The van der Waals surface area contributed by atoms with E-state index in [1.165, 1.54) is 96.3 Å². The van der Waals surface area contributed by atoms with Crippen LogP contribution in [-0.2, 0) is 0 Å². The van der Waals surface area contributed by atoms with Crippen LogP contribution in [0.4, 0.5) is 0 Å². The molecular formula is C22H44. The molecule has 0 aromatic carbocycles. The van der Waals surface area contributed by atoms with Crippen molar-refractivity contribution in [3.8, 4) is 0 Å². The van der Waals surface area contributed by atoms with Crippen LogP contribution in [-0.4, -0.2) is 0 Å². The normalized spacial score (nSPS) is 17.7. The molecular weight excluding hydrogens is 264 g/mol. The lowest BCUT2D eigenvalue weighted by molar-refractivity contribution is 0.146. The predicted octanol–water partition coefficient (Wildman–Crippen LogP) is 8.44. The first-order valence-corrected chi connectivity index (χ1v) is 10.8. The highest BCUT2D eigenvalue weighted by molar-refractivity contribution is 4.82. The number of rotatable bonds is 14. The maximum absolute atomic E-state index is 2.32. The van der Waals surface area contributed by atoms with Gasteiger partial charge in [0.05, 0.1) is 0 Å². The smallest absolute Gasteiger partial charge is 0.0297 e. The summed E-state index contributed by atoms with van der Waals surface area (Å²) in [4.78, 5) is 0. The number of unbranched alkanes of at least 4 members (excludes halogenated alkanes) is 10. The van der Waals surface area contributed by atoms with E-state index in [4.69, 9.17) is 0 Å². The Morgan fingerprint density at radius 2 is 0.909 bits per heavy atom. The number of hydrogen-bond donors (Lipinski definition) is 0. The minimum absolute atomic E-state index is 0.772. The van der Waals surface area contributed by atoms with Crippen LogP contribution in [0.5, 0.6) is 0 Å². The Balaban J connectivity index is 2.17. The molecule has 0 aromatic heterocycles. The Kier molecular flexibility index (Phi) is 12.2. The van der Waals surface area contributed by atoms with Gasteiger partial charge >= 0.3 is 0 Å². The molecule has 1 saturated carbocycles. The summed E-state index contributed by atoms with van der Waals surface area (Å²) in [6.45, 7) is 4.63. The van der Waals surface area contributed by atoms with E-state index in [1.54, 1.807) is 25.7 Å². The topological polar surface area (TPSA) is 0 Å². The zero-order chi connectivity index (χ0) is 15.9. The quantitative estimate of drug-likeness (QED) is 0.282. The van der Waals surface area contributed by atoms with E-state index >= 15 is 0 Å². The molecule has 0 nitrogen and oxygen atoms in total. The van der Waals surface area contributed by atoms with Crippen molar-refractivity contribution in [1.29, 1.82) is 0 Å². The molecule has 1 aliphatic rings. The Morgan fingerprint density at radius 1 is 0.500 bits per heavy atom. The van der Waals surface area contributed by atoms with Gasteiger partial charge in [-0.25, -0.2) is 0 Å². The van der Waals surface area contributed by atoms with Crippen molar-refractivity contribution in [3.05, 3.63) is 0 Å². The summed E-state index contributed by atoms with van der Waals surface area (Å²) in [6, 6.07) is 0. The van der Waals surface area contributed by atoms with Crippen molar-refractivity contribution in [2.75, 3.05) is 0 Å². The van der Waals surface area contributed by atoms with Crippen LogP contribution in [0.15, 0.2) is 0 Å². The molecule has 1 rings (SSSR count). The minimum atomic E-state index is 0.772. The van der Waals surface area contributed by atoms with E-state index in [-0.39, 0.29) is 0 Å². The third kappa shape index (κ3) is 9.21. The Morgan fingerprint density at radius 3 is 1.36 bits per heavy atom. The molecule has 0 bridgehead atoms. The molecule has 0 atom stereocenters. The van der Waals surface area contributed by atoms with Crippen molar-refractivity contribution < 1.29 is 0 Å². The molecule has 22 heavy (non-hydrogen) atoms. The molecule has 0 radical (unpaired) electrons. The van der Waals surface area contributed by atoms with Crippen molar-refractivity contribution in [1.82, 2.24) is 0 Å². The van der Waals surface area contributed by atoms with Crippen LogP contribution in [0.25, 0.3) is 0 Å². The van der Waals surface area contributed by atoms with Crippen LogP contribution in [0.3, 0.4) is 0 Å². The van der Waals surface area contributed by atoms with E-state index in [2.05, 4.69) is 13.8 Å². The van der Waals surface area contributed by atoms with Crippen molar-refractivity contribution >= 4 is 0 Å². The molecule has 0 aliphatic heterocycles. The van der Waals surface area contributed by atoms with Gasteiger partial charge in [0.25, 0.3) is 0 Å². The van der Waals surface area contributed by atoms with Crippen LogP contribution in [0.2, 0.25) is 0 Å². The van der Waals surface area contributed by atoms with Crippen molar-refractivity contribution in [2.24, 2.45) is 5.41 Å². The van der Waals surface area contributed by atoms with Gasteiger partial charge in [-0.3, -0.25) is 0 Å². The molecule has 0 N–H and O–H groups in total. The zero-order valence-corrected chi connectivity index (χ0v) is 15.9.